The van der Waals surface area contributed by atoms with E-state index >= 15 is 0 Å². The lowest BCUT2D eigenvalue weighted by Gasteiger charge is -2.45. The number of ether oxygens (including phenoxy) is 3. The molecule has 2 aromatic rings. The number of methoxy groups -OCH3 is 2. The third-order valence-electron chi connectivity index (χ3n) is 6.06. The Morgan fingerprint density at radius 1 is 1.07 bits per heavy atom. The van der Waals surface area contributed by atoms with Crippen LogP contribution in [0.4, 0.5) is 0 Å². The second kappa shape index (κ2) is 6.59. The van der Waals surface area contributed by atoms with E-state index in [9.17, 15) is 0 Å². The summed E-state index contributed by atoms with van der Waals surface area (Å²) in [5, 5.41) is 7.99. The number of nitrogens with zero attached hydrogens (tertiary/aromatic N) is 2. The van der Waals surface area contributed by atoms with Crippen molar-refractivity contribution in [2.45, 2.75) is 43.9 Å². The van der Waals surface area contributed by atoms with Gasteiger partial charge in [0.1, 0.15) is 5.75 Å². The fourth-order valence-electron chi connectivity index (χ4n) is 4.70. The van der Waals surface area contributed by atoms with Gasteiger partial charge in [-0.15, -0.1) is 0 Å². The first-order chi connectivity index (χ1) is 13.6. The fraction of sp³-hybridized carbons (Fsp3) is 0.409. The molecule has 146 valence electrons. The normalized spacial score (nSPS) is 21.8. The molecule has 0 amide bonds. The Balaban J connectivity index is 1.58. The maximum Gasteiger partial charge on any atom is 0.198 e. The molecule has 1 saturated carbocycles. The van der Waals surface area contributed by atoms with Gasteiger partial charge in [0.2, 0.25) is 0 Å². The van der Waals surface area contributed by atoms with Crippen LogP contribution in [0.15, 0.2) is 41.5 Å². The first kappa shape index (κ1) is 17.7. The summed E-state index contributed by atoms with van der Waals surface area (Å²) in [5.41, 5.74) is 2.85. The molecule has 2 aliphatic heterocycles. The predicted molar refractivity (Wildman–Crippen MR) is 109 cm³/mol. The number of halogens is 1. The molecular formula is C22H23ClN2O3. The highest BCUT2D eigenvalue weighted by atomic mass is 35.5. The highest BCUT2D eigenvalue weighted by Gasteiger charge is 2.51. The van der Waals surface area contributed by atoms with Gasteiger partial charge in [-0.25, -0.2) is 5.01 Å². The molecule has 1 fully saturated rings. The molecule has 1 aliphatic carbocycles. The van der Waals surface area contributed by atoms with Gasteiger partial charge in [-0.05, 0) is 49.2 Å². The van der Waals surface area contributed by atoms with E-state index in [1.165, 1.54) is 0 Å². The van der Waals surface area contributed by atoms with Crippen molar-refractivity contribution in [1.29, 1.82) is 0 Å². The van der Waals surface area contributed by atoms with Gasteiger partial charge in [0.05, 0.1) is 26.0 Å². The van der Waals surface area contributed by atoms with Gasteiger partial charge in [0.25, 0.3) is 0 Å². The van der Waals surface area contributed by atoms with E-state index in [0.29, 0.717) is 5.75 Å². The van der Waals surface area contributed by atoms with Crippen LogP contribution >= 0.6 is 11.6 Å². The number of hydrazone groups is 1. The van der Waals surface area contributed by atoms with Gasteiger partial charge in [0.15, 0.2) is 17.2 Å². The van der Waals surface area contributed by atoms with E-state index < -0.39 is 0 Å². The van der Waals surface area contributed by atoms with E-state index in [-0.39, 0.29) is 11.8 Å². The van der Waals surface area contributed by atoms with Crippen molar-refractivity contribution in [2.75, 3.05) is 14.2 Å². The molecule has 0 N–H and O–H groups in total. The highest BCUT2D eigenvalue weighted by molar-refractivity contribution is 6.30. The van der Waals surface area contributed by atoms with Gasteiger partial charge >= 0.3 is 0 Å². The molecule has 2 aromatic carbocycles. The van der Waals surface area contributed by atoms with Gasteiger partial charge < -0.3 is 14.2 Å². The van der Waals surface area contributed by atoms with Crippen LogP contribution in [0, 0.1) is 0 Å². The molecule has 0 bridgehead atoms. The largest absolute Gasteiger partial charge is 0.493 e. The Bertz CT molecular complexity index is 953. The lowest BCUT2D eigenvalue weighted by molar-refractivity contribution is -0.114. The minimum absolute atomic E-state index is 0.142. The maximum absolute atomic E-state index is 6.53. The molecule has 5 rings (SSSR count). The molecule has 2 heterocycles. The Hall–Kier alpha value is -2.40. The first-order valence-electron chi connectivity index (χ1n) is 9.71. The number of hydrogen-bond acceptors (Lipinski definition) is 5. The molecule has 5 nitrogen and oxygen atoms in total. The standard InChI is InChI=1S/C22H23ClN2O3/c1-26-20-7-5-14(11-21(20)27-2)17-13-18-16-12-15(23)6-8-19(16)28-22(25(18)24-17)9-3-4-10-22/h5-8,11-12,18H,3-4,9-10,13H2,1-2H3. The lowest BCUT2D eigenvalue weighted by Crippen LogP contribution is -2.51. The number of rotatable bonds is 3. The Morgan fingerprint density at radius 3 is 2.61 bits per heavy atom. The van der Waals surface area contributed by atoms with Crippen molar-refractivity contribution in [3.8, 4) is 17.2 Å². The molecule has 0 radical (unpaired) electrons. The summed E-state index contributed by atoms with van der Waals surface area (Å²) in [6.45, 7) is 0. The van der Waals surface area contributed by atoms with Gasteiger partial charge in [0, 0.05) is 35.4 Å². The summed E-state index contributed by atoms with van der Waals surface area (Å²) in [6, 6.07) is 12.0. The third-order valence-corrected chi connectivity index (χ3v) is 6.30. The molecule has 1 unspecified atom stereocenters. The van der Waals surface area contributed by atoms with Crippen molar-refractivity contribution in [2.24, 2.45) is 5.10 Å². The van der Waals surface area contributed by atoms with Crippen molar-refractivity contribution in [3.63, 3.8) is 0 Å². The minimum atomic E-state index is -0.343. The third kappa shape index (κ3) is 2.64. The molecule has 3 aliphatic rings. The topological polar surface area (TPSA) is 43.3 Å². The number of hydrogen-bond donors (Lipinski definition) is 0. The second-order valence-corrected chi connectivity index (χ2v) is 8.05. The Kier molecular flexibility index (Phi) is 4.16. The maximum atomic E-state index is 6.53. The Morgan fingerprint density at radius 2 is 1.86 bits per heavy atom. The van der Waals surface area contributed by atoms with E-state index in [4.69, 9.17) is 30.9 Å². The van der Waals surface area contributed by atoms with Crippen LogP contribution in [0.1, 0.15) is 49.3 Å². The van der Waals surface area contributed by atoms with E-state index in [0.717, 1.165) is 65.5 Å². The molecule has 1 atom stereocenters. The summed E-state index contributed by atoms with van der Waals surface area (Å²) in [6.07, 6.45) is 5.12. The van der Waals surface area contributed by atoms with E-state index in [1.54, 1.807) is 14.2 Å². The van der Waals surface area contributed by atoms with E-state index in [2.05, 4.69) is 5.01 Å². The van der Waals surface area contributed by atoms with Crippen molar-refractivity contribution in [3.05, 3.63) is 52.5 Å². The molecule has 1 spiro atoms. The molecular weight excluding hydrogens is 376 g/mol. The summed E-state index contributed by atoms with van der Waals surface area (Å²) < 4.78 is 17.4. The van der Waals surface area contributed by atoms with Crippen LogP contribution in [0.2, 0.25) is 5.02 Å². The lowest BCUT2D eigenvalue weighted by atomic mass is 9.94. The monoisotopic (exact) mass is 398 g/mol. The first-order valence-corrected chi connectivity index (χ1v) is 10.1. The Labute approximate surface area is 169 Å². The molecule has 0 saturated heterocycles. The average molecular weight is 399 g/mol. The fourth-order valence-corrected chi connectivity index (χ4v) is 4.88. The summed E-state index contributed by atoms with van der Waals surface area (Å²) in [7, 11) is 3.30. The molecule has 28 heavy (non-hydrogen) atoms. The SMILES string of the molecule is COc1ccc(C2=NN3C(C2)c2cc(Cl)ccc2OC32CCCC2)cc1OC. The van der Waals surface area contributed by atoms with Gasteiger partial charge in [-0.2, -0.15) is 5.10 Å². The molecule has 0 aromatic heterocycles. The predicted octanol–water partition coefficient (Wildman–Crippen LogP) is 5.17. The second-order valence-electron chi connectivity index (χ2n) is 7.62. The number of fused-ring (bicyclic) bond motifs is 4. The van der Waals surface area contributed by atoms with Crippen LogP contribution in [0.3, 0.4) is 0 Å². The number of benzene rings is 2. The van der Waals surface area contributed by atoms with Crippen molar-refractivity contribution in [1.82, 2.24) is 5.01 Å². The zero-order valence-electron chi connectivity index (χ0n) is 16.1. The zero-order valence-corrected chi connectivity index (χ0v) is 16.8. The zero-order chi connectivity index (χ0) is 19.3. The van der Waals surface area contributed by atoms with Crippen molar-refractivity contribution >= 4 is 17.3 Å². The minimum Gasteiger partial charge on any atom is -0.493 e. The van der Waals surface area contributed by atoms with Crippen LogP contribution < -0.4 is 14.2 Å². The average Bonchev–Trinajstić information content (AvgIpc) is 3.37. The summed E-state index contributed by atoms with van der Waals surface area (Å²) >= 11 is 6.30. The van der Waals surface area contributed by atoms with Gasteiger partial charge in [-0.1, -0.05) is 11.6 Å². The van der Waals surface area contributed by atoms with Crippen molar-refractivity contribution < 1.29 is 14.2 Å². The van der Waals surface area contributed by atoms with Gasteiger partial charge in [-0.3, -0.25) is 0 Å². The van der Waals surface area contributed by atoms with Crippen LogP contribution in [-0.4, -0.2) is 30.7 Å². The highest BCUT2D eigenvalue weighted by Crippen LogP contribution is 2.52. The molecule has 6 heteroatoms. The van der Waals surface area contributed by atoms with Crippen LogP contribution in [0.25, 0.3) is 0 Å². The quantitative estimate of drug-likeness (QED) is 0.715. The van der Waals surface area contributed by atoms with Crippen LogP contribution in [-0.2, 0) is 0 Å². The van der Waals surface area contributed by atoms with Crippen LogP contribution in [0.5, 0.6) is 17.2 Å². The summed E-state index contributed by atoms with van der Waals surface area (Å²) in [4.78, 5) is 0. The van der Waals surface area contributed by atoms with E-state index in [1.807, 2.05) is 36.4 Å². The smallest absolute Gasteiger partial charge is 0.198 e. The summed E-state index contributed by atoms with van der Waals surface area (Å²) in [5.74, 6) is 2.37.